The molecule has 0 saturated carbocycles. The summed E-state index contributed by atoms with van der Waals surface area (Å²) in [5, 5.41) is 2.30. The molecule has 2 aromatic carbocycles. The second-order valence-electron chi connectivity index (χ2n) is 4.20. The number of nitrogen functional groups attached to an aromatic ring is 1. The molecule has 0 spiro atoms. The number of nitrogens with one attached hydrogen (secondary N) is 1. The van der Waals surface area contributed by atoms with Crippen molar-refractivity contribution in [2.45, 2.75) is 4.90 Å². The second-order valence-corrected chi connectivity index (χ2v) is 5.62. The lowest BCUT2D eigenvalue weighted by Crippen LogP contribution is -2.20. The van der Waals surface area contributed by atoms with Crippen molar-refractivity contribution in [3.05, 3.63) is 54.1 Å². The number of nitrogens with two attached hydrogens (primary N) is 1. The van der Waals surface area contributed by atoms with E-state index in [0.29, 0.717) is 0 Å². The van der Waals surface area contributed by atoms with Crippen LogP contribution in [-0.2, 0) is 15.6 Å². The van der Waals surface area contributed by atoms with Gasteiger partial charge >= 0.3 is 0 Å². The predicted molar refractivity (Wildman–Crippen MR) is 77.1 cm³/mol. The van der Waals surface area contributed by atoms with Crippen molar-refractivity contribution in [1.29, 1.82) is 0 Å². The molecule has 0 bridgehead atoms. The minimum atomic E-state index is -1.82. The number of hydrogen-bond acceptors (Lipinski definition) is 3. The van der Waals surface area contributed by atoms with Crippen LogP contribution in [0.2, 0.25) is 0 Å². The minimum Gasteiger partial charge on any atom is -0.398 e. The monoisotopic (exact) mass is 310 g/mol. The third-order valence-corrected chi connectivity index (χ3v) is 4.00. The molecule has 0 fully saturated rings. The summed E-state index contributed by atoms with van der Waals surface area (Å²) in [6.45, 7) is 0. The molecule has 1 atom stereocenters. The molecule has 1 amide bonds. The van der Waals surface area contributed by atoms with Crippen molar-refractivity contribution >= 4 is 28.1 Å². The number of carbonyl (C=O) groups is 1. The van der Waals surface area contributed by atoms with Crippen molar-refractivity contribution in [2.75, 3.05) is 16.8 Å². The van der Waals surface area contributed by atoms with Crippen LogP contribution in [0.3, 0.4) is 0 Å². The first kappa shape index (κ1) is 15.1. The molecule has 3 N–H and O–H groups in total. The van der Waals surface area contributed by atoms with Gasteiger partial charge in [-0.05, 0) is 30.3 Å². The Labute approximate surface area is 122 Å². The molecule has 7 heteroatoms. The Kier molecular flexibility index (Phi) is 4.64. The van der Waals surface area contributed by atoms with E-state index in [-0.39, 0.29) is 16.3 Å². The maximum atomic E-state index is 13.4. The van der Waals surface area contributed by atoms with Gasteiger partial charge in [0.15, 0.2) is 0 Å². The zero-order valence-electron chi connectivity index (χ0n) is 10.8. The maximum absolute atomic E-state index is 13.4. The van der Waals surface area contributed by atoms with E-state index in [9.17, 15) is 17.8 Å². The zero-order valence-corrected chi connectivity index (χ0v) is 11.6. The Morgan fingerprint density at radius 3 is 2.62 bits per heavy atom. The SMILES string of the molecule is Nc1ccc(F)cc1S(=O)CC(=O)Nc1ccccc1F. The van der Waals surface area contributed by atoms with Gasteiger partial charge in [0.25, 0.3) is 0 Å². The summed E-state index contributed by atoms with van der Waals surface area (Å²) in [6.07, 6.45) is 0. The lowest BCUT2D eigenvalue weighted by atomic mass is 10.3. The van der Waals surface area contributed by atoms with E-state index < -0.39 is 34.1 Å². The number of benzene rings is 2. The van der Waals surface area contributed by atoms with Crippen LogP contribution in [0.4, 0.5) is 20.2 Å². The largest absolute Gasteiger partial charge is 0.398 e. The van der Waals surface area contributed by atoms with Gasteiger partial charge in [0, 0.05) is 5.69 Å². The lowest BCUT2D eigenvalue weighted by molar-refractivity contribution is -0.113. The van der Waals surface area contributed by atoms with Crippen molar-refractivity contribution < 1.29 is 17.8 Å². The summed E-state index contributed by atoms with van der Waals surface area (Å²) in [7, 11) is -1.82. The molecular formula is C14H12F2N2O2S. The fraction of sp³-hybridized carbons (Fsp3) is 0.0714. The molecule has 0 aromatic heterocycles. The summed E-state index contributed by atoms with van der Waals surface area (Å²) in [5.74, 6) is -2.28. The molecule has 2 aromatic rings. The predicted octanol–water partition coefficient (Wildman–Crippen LogP) is 2.29. The molecule has 0 aliphatic heterocycles. The Morgan fingerprint density at radius 1 is 1.19 bits per heavy atom. The number of halogens is 2. The van der Waals surface area contributed by atoms with Crippen LogP contribution in [0, 0.1) is 11.6 Å². The highest BCUT2D eigenvalue weighted by atomic mass is 32.2. The Morgan fingerprint density at radius 2 is 1.90 bits per heavy atom. The highest BCUT2D eigenvalue weighted by Crippen LogP contribution is 2.18. The van der Waals surface area contributed by atoms with Gasteiger partial charge in [-0.2, -0.15) is 0 Å². The average Bonchev–Trinajstić information content (AvgIpc) is 2.44. The summed E-state index contributed by atoms with van der Waals surface area (Å²) in [4.78, 5) is 11.8. The topological polar surface area (TPSA) is 72.2 Å². The van der Waals surface area contributed by atoms with Gasteiger partial charge in [0.2, 0.25) is 5.91 Å². The molecule has 2 rings (SSSR count). The molecule has 0 saturated heterocycles. The first-order chi connectivity index (χ1) is 9.97. The quantitative estimate of drug-likeness (QED) is 0.851. The van der Waals surface area contributed by atoms with E-state index in [2.05, 4.69) is 5.32 Å². The highest BCUT2D eigenvalue weighted by molar-refractivity contribution is 7.86. The average molecular weight is 310 g/mol. The van der Waals surface area contributed by atoms with Crippen LogP contribution < -0.4 is 11.1 Å². The number of anilines is 2. The van der Waals surface area contributed by atoms with Crippen LogP contribution in [0.1, 0.15) is 0 Å². The summed E-state index contributed by atoms with van der Waals surface area (Å²) >= 11 is 0. The number of hydrogen-bond donors (Lipinski definition) is 2. The number of amides is 1. The van der Waals surface area contributed by atoms with Crippen LogP contribution in [-0.4, -0.2) is 15.9 Å². The summed E-state index contributed by atoms with van der Waals surface area (Å²) < 4.78 is 38.5. The van der Waals surface area contributed by atoms with Gasteiger partial charge in [-0.1, -0.05) is 12.1 Å². The van der Waals surface area contributed by atoms with Gasteiger partial charge < -0.3 is 11.1 Å². The van der Waals surface area contributed by atoms with E-state index in [1.165, 1.54) is 24.3 Å². The van der Waals surface area contributed by atoms with E-state index in [0.717, 1.165) is 12.1 Å². The first-order valence-electron chi connectivity index (χ1n) is 5.95. The number of carbonyl (C=O) groups excluding carboxylic acids is 1. The minimum absolute atomic E-state index is 0.00767. The van der Waals surface area contributed by atoms with Crippen LogP contribution in [0.25, 0.3) is 0 Å². The van der Waals surface area contributed by atoms with Crippen molar-refractivity contribution in [3.63, 3.8) is 0 Å². The third-order valence-electron chi connectivity index (χ3n) is 2.63. The van der Waals surface area contributed by atoms with Gasteiger partial charge in [-0.15, -0.1) is 0 Å². The Hall–Kier alpha value is -2.28. The molecule has 0 radical (unpaired) electrons. The van der Waals surface area contributed by atoms with Gasteiger partial charge in [0.05, 0.1) is 21.4 Å². The highest BCUT2D eigenvalue weighted by Gasteiger charge is 2.15. The number of para-hydroxylation sites is 1. The molecule has 0 aliphatic carbocycles. The van der Waals surface area contributed by atoms with Gasteiger partial charge in [0.1, 0.15) is 17.4 Å². The fourth-order valence-electron chi connectivity index (χ4n) is 1.65. The smallest absolute Gasteiger partial charge is 0.237 e. The summed E-state index contributed by atoms with van der Waals surface area (Å²) in [5.41, 5.74) is 5.72. The Bertz CT molecular complexity index is 707. The van der Waals surface area contributed by atoms with Crippen LogP contribution in [0.15, 0.2) is 47.4 Å². The van der Waals surface area contributed by atoms with Crippen LogP contribution >= 0.6 is 0 Å². The van der Waals surface area contributed by atoms with E-state index in [1.807, 2.05) is 0 Å². The molecular weight excluding hydrogens is 298 g/mol. The van der Waals surface area contributed by atoms with Crippen molar-refractivity contribution in [3.8, 4) is 0 Å². The molecule has 4 nitrogen and oxygen atoms in total. The van der Waals surface area contributed by atoms with Crippen molar-refractivity contribution in [1.82, 2.24) is 0 Å². The normalized spacial score (nSPS) is 11.9. The van der Waals surface area contributed by atoms with E-state index >= 15 is 0 Å². The molecule has 0 heterocycles. The molecule has 1 unspecified atom stereocenters. The van der Waals surface area contributed by atoms with Crippen LogP contribution in [0.5, 0.6) is 0 Å². The lowest BCUT2D eigenvalue weighted by Gasteiger charge is -2.08. The standard InChI is InChI=1S/C14H12F2N2O2S/c15-9-5-6-11(17)13(7-9)21(20)8-14(19)18-12-4-2-1-3-10(12)16/h1-7H,8,17H2,(H,18,19). The van der Waals surface area contributed by atoms with E-state index in [1.54, 1.807) is 6.07 Å². The van der Waals surface area contributed by atoms with Gasteiger partial charge in [-0.25, -0.2) is 8.78 Å². The zero-order chi connectivity index (χ0) is 15.4. The van der Waals surface area contributed by atoms with Gasteiger partial charge in [-0.3, -0.25) is 9.00 Å². The Balaban J connectivity index is 2.08. The second kappa shape index (κ2) is 6.45. The fourth-order valence-corrected chi connectivity index (χ4v) is 2.69. The molecule has 0 aliphatic rings. The first-order valence-corrected chi connectivity index (χ1v) is 7.27. The number of rotatable bonds is 4. The van der Waals surface area contributed by atoms with Crippen molar-refractivity contribution in [2.24, 2.45) is 0 Å². The third kappa shape index (κ3) is 3.85. The molecule has 110 valence electrons. The maximum Gasteiger partial charge on any atom is 0.237 e. The van der Waals surface area contributed by atoms with E-state index in [4.69, 9.17) is 5.73 Å². The molecule has 21 heavy (non-hydrogen) atoms. The summed E-state index contributed by atoms with van der Waals surface area (Å²) in [6, 6.07) is 9.04.